The summed E-state index contributed by atoms with van der Waals surface area (Å²) in [4.78, 5) is 12.9. The number of rotatable bonds is 29. The van der Waals surface area contributed by atoms with Gasteiger partial charge < -0.3 is 50.5 Å². The molecule has 1 aliphatic heterocycles. The van der Waals surface area contributed by atoms with Crippen molar-refractivity contribution in [3.63, 3.8) is 0 Å². The minimum atomic E-state index is -1.65. The van der Waals surface area contributed by atoms with E-state index in [9.17, 15) is 40.5 Å². The highest BCUT2D eigenvalue weighted by atomic mass is 16.7. The Hall–Kier alpha value is -0.890. The molecule has 1 aliphatic rings. The van der Waals surface area contributed by atoms with Crippen LogP contribution in [-0.4, -0.2) is 110 Å². The first-order valence-electron chi connectivity index (χ1n) is 18.4. The number of unbranched alkanes of at least 4 members (excludes halogenated alkanes) is 17. The predicted molar refractivity (Wildman–Crippen MR) is 178 cm³/mol. The molecule has 1 amide bonds. The molecule has 0 radical (unpaired) electrons. The minimum absolute atomic E-state index is 0.264. The van der Waals surface area contributed by atoms with Gasteiger partial charge in [0.15, 0.2) is 6.29 Å². The number of aliphatic hydroxyl groups is 7. The fourth-order valence-electron chi connectivity index (χ4n) is 5.97. The van der Waals surface area contributed by atoms with Crippen LogP contribution in [0.1, 0.15) is 149 Å². The van der Waals surface area contributed by atoms with Crippen molar-refractivity contribution in [1.29, 1.82) is 0 Å². The highest BCUT2D eigenvalue weighted by molar-refractivity contribution is 5.80. The van der Waals surface area contributed by atoms with Crippen LogP contribution in [0, 0.1) is 0 Å². The Kier molecular flexibility index (Phi) is 25.3. The lowest BCUT2D eigenvalue weighted by Gasteiger charge is -2.40. The van der Waals surface area contributed by atoms with Gasteiger partial charge in [-0.25, -0.2) is 0 Å². The van der Waals surface area contributed by atoms with Crippen LogP contribution in [0.5, 0.6) is 0 Å². The average molecular weight is 664 g/mol. The SMILES string of the molecule is CCCCCCCCCCCCCCCC(O)C(=O)NC(COC1OC(CO)C(O)C(O)C1O)C(O)C(O)CCCCCCCC. The topological polar surface area (TPSA) is 189 Å². The third-order valence-corrected chi connectivity index (χ3v) is 9.16. The van der Waals surface area contributed by atoms with Gasteiger partial charge in [0.25, 0.3) is 0 Å². The molecule has 9 unspecified atom stereocenters. The summed E-state index contributed by atoms with van der Waals surface area (Å²) in [6.45, 7) is 3.32. The van der Waals surface area contributed by atoms with Gasteiger partial charge in [-0.1, -0.05) is 136 Å². The Morgan fingerprint density at radius 3 is 1.61 bits per heavy atom. The molecular weight excluding hydrogens is 594 g/mol. The van der Waals surface area contributed by atoms with Gasteiger partial charge in [0.05, 0.1) is 25.4 Å². The smallest absolute Gasteiger partial charge is 0.249 e. The van der Waals surface area contributed by atoms with E-state index >= 15 is 0 Å². The molecule has 274 valence electrons. The van der Waals surface area contributed by atoms with Crippen LogP contribution in [0.4, 0.5) is 0 Å². The molecule has 0 aromatic heterocycles. The Bertz CT molecular complexity index is 729. The van der Waals surface area contributed by atoms with Gasteiger partial charge in [-0.05, 0) is 12.8 Å². The highest BCUT2D eigenvalue weighted by Gasteiger charge is 2.44. The second-order valence-corrected chi connectivity index (χ2v) is 13.3. The molecule has 1 heterocycles. The summed E-state index contributed by atoms with van der Waals surface area (Å²) in [6, 6.07) is -1.16. The molecule has 0 saturated carbocycles. The van der Waals surface area contributed by atoms with Crippen molar-refractivity contribution in [3.05, 3.63) is 0 Å². The molecule has 0 bridgehead atoms. The quantitative estimate of drug-likeness (QED) is 0.0549. The van der Waals surface area contributed by atoms with Crippen LogP contribution in [0.3, 0.4) is 0 Å². The number of carbonyl (C=O) groups excluding carboxylic acids is 1. The maximum Gasteiger partial charge on any atom is 0.249 e. The van der Waals surface area contributed by atoms with Crippen molar-refractivity contribution in [3.8, 4) is 0 Å². The lowest BCUT2D eigenvalue weighted by Crippen LogP contribution is -2.60. The van der Waals surface area contributed by atoms with E-state index in [4.69, 9.17) is 9.47 Å². The number of ether oxygens (including phenoxy) is 2. The second-order valence-electron chi connectivity index (χ2n) is 13.3. The van der Waals surface area contributed by atoms with E-state index in [1.807, 2.05) is 0 Å². The number of hydrogen-bond donors (Lipinski definition) is 8. The Morgan fingerprint density at radius 2 is 1.13 bits per heavy atom. The zero-order chi connectivity index (χ0) is 34.2. The number of nitrogens with one attached hydrogen (secondary N) is 1. The van der Waals surface area contributed by atoms with Crippen LogP contribution in [0.15, 0.2) is 0 Å². The molecule has 0 aromatic carbocycles. The molecule has 11 heteroatoms. The highest BCUT2D eigenvalue weighted by Crippen LogP contribution is 2.23. The number of carbonyl (C=O) groups is 1. The molecule has 8 N–H and O–H groups in total. The van der Waals surface area contributed by atoms with Crippen LogP contribution in [0.25, 0.3) is 0 Å². The van der Waals surface area contributed by atoms with Gasteiger partial charge in [0.2, 0.25) is 5.91 Å². The van der Waals surface area contributed by atoms with Crippen LogP contribution in [-0.2, 0) is 14.3 Å². The Balaban J connectivity index is 2.54. The Labute approximate surface area is 278 Å². The summed E-state index contributed by atoms with van der Waals surface area (Å²) in [5.74, 6) is -0.702. The predicted octanol–water partition coefficient (Wildman–Crippen LogP) is 3.60. The van der Waals surface area contributed by atoms with Crippen molar-refractivity contribution in [2.75, 3.05) is 13.2 Å². The first-order valence-corrected chi connectivity index (χ1v) is 18.4. The third kappa shape index (κ3) is 18.0. The van der Waals surface area contributed by atoms with E-state index in [-0.39, 0.29) is 6.42 Å². The molecule has 0 aromatic rings. The summed E-state index contributed by atoms with van der Waals surface area (Å²) < 4.78 is 11.0. The van der Waals surface area contributed by atoms with Crippen LogP contribution in [0.2, 0.25) is 0 Å². The van der Waals surface area contributed by atoms with E-state index < -0.39 is 74.2 Å². The molecule has 1 saturated heterocycles. The first-order chi connectivity index (χ1) is 22.2. The van der Waals surface area contributed by atoms with Gasteiger partial charge in [-0.15, -0.1) is 0 Å². The minimum Gasteiger partial charge on any atom is -0.394 e. The third-order valence-electron chi connectivity index (χ3n) is 9.16. The van der Waals surface area contributed by atoms with Crippen molar-refractivity contribution >= 4 is 5.91 Å². The van der Waals surface area contributed by atoms with Gasteiger partial charge in [-0.2, -0.15) is 0 Å². The normalized spacial score (nSPS) is 24.4. The summed E-state index contributed by atoms with van der Waals surface area (Å²) in [6.07, 6.45) is 10.6. The fraction of sp³-hybridized carbons (Fsp3) is 0.971. The summed E-state index contributed by atoms with van der Waals surface area (Å²) in [5, 5.41) is 74.7. The lowest BCUT2D eigenvalue weighted by atomic mass is 9.98. The van der Waals surface area contributed by atoms with E-state index in [2.05, 4.69) is 19.2 Å². The maximum atomic E-state index is 12.9. The fourth-order valence-corrected chi connectivity index (χ4v) is 5.97. The number of hydrogen-bond acceptors (Lipinski definition) is 10. The van der Waals surface area contributed by atoms with Gasteiger partial charge >= 0.3 is 0 Å². The molecule has 1 rings (SSSR count). The number of aliphatic hydroxyl groups excluding tert-OH is 7. The Morgan fingerprint density at radius 1 is 0.674 bits per heavy atom. The summed E-state index contributed by atoms with van der Waals surface area (Å²) in [5.41, 5.74) is 0. The maximum absolute atomic E-state index is 12.9. The second kappa shape index (κ2) is 27.0. The molecule has 9 atom stereocenters. The van der Waals surface area contributed by atoms with Gasteiger partial charge in [0, 0.05) is 0 Å². The van der Waals surface area contributed by atoms with Crippen molar-refractivity contribution in [2.24, 2.45) is 0 Å². The molecule has 0 spiro atoms. The standard InChI is InChI=1S/C35H69NO10/c1-3-5-7-9-11-12-13-14-15-16-17-19-21-23-28(39)34(44)36-26(30(40)27(38)22-20-18-10-8-6-4-2)25-45-35-33(43)32(42)31(41)29(24-37)46-35/h26-33,35,37-43H,3-25H2,1-2H3,(H,36,44). The van der Waals surface area contributed by atoms with Crippen LogP contribution < -0.4 is 5.32 Å². The molecule has 46 heavy (non-hydrogen) atoms. The van der Waals surface area contributed by atoms with Crippen molar-refractivity contribution in [1.82, 2.24) is 5.32 Å². The number of amides is 1. The van der Waals surface area contributed by atoms with Gasteiger partial charge in [0.1, 0.15) is 36.6 Å². The van der Waals surface area contributed by atoms with E-state index in [0.717, 1.165) is 51.4 Å². The summed E-state index contributed by atoms with van der Waals surface area (Å²) >= 11 is 0. The first kappa shape index (κ1) is 43.1. The molecule has 11 nitrogen and oxygen atoms in total. The monoisotopic (exact) mass is 663 g/mol. The van der Waals surface area contributed by atoms with E-state index in [1.54, 1.807) is 0 Å². The summed E-state index contributed by atoms with van der Waals surface area (Å²) in [7, 11) is 0. The van der Waals surface area contributed by atoms with Gasteiger partial charge in [-0.3, -0.25) is 4.79 Å². The van der Waals surface area contributed by atoms with E-state index in [1.165, 1.54) is 57.8 Å². The molecular formula is C35H69NO10. The molecule has 0 aliphatic carbocycles. The largest absolute Gasteiger partial charge is 0.394 e. The lowest BCUT2D eigenvalue weighted by molar-refractivity contribution is -0.303. The van der Waals surface area contributed by atoms with Crippen molar-refractivity contribution < 1.29 is 50.0 Å². The molecule has 1 fully saturated rings. The van der Waals surface area contributed by atoms with E-state index in [0.29, 0.717) is 19.3 Å². The zero-order valence-corrected chi connectivity index (χ0v) is 28.8. The van der Waals surface area contributed by atoms with Crippen LogP contribution >= 0.6 is 0 Å². The van der Waals surface area contributed by atoms with Crippen molar-refractivity contribution in [2.45, 2.75) is 204 Å². The average Bonchev–Trinajstić information content (AvgIpc) is 3.05. The zero-order valence-electron chi connectivity index (χ0n) is 28.8.